The molecule has 1 amide bonds. The van der Waals surface area contributed by atoms with E-state index >= 15 is 0 Å². The molecule has 1 aliphatic heterocycles. The van der Waals surface area contributed by atoms with Crippen molar-refractivity contribution in [3.05, 3.63) is 42.2 Å². The predicted molar refractivity (Wildman–Crippen MR) is 80.7 cm³/mol. The highest BCUT2D eigenvalue weighted by Crippen LogP contribution is 2.29. The fourth-order valence-electron chi connectivity index (χ4n) is 3.43. The first-order valence-electron chi connectivity index (χ1n) is 7.66. The lowest BCUT2D eigenvalue weighted by Crippen LogP contribution is -2.44. The highest BCUT2D eigenvalue weighted by atomic mass is 16.5. The topological polar surface area (TPSA) is 42.4 Å². The molecule has 0 unspecified atom stereocenters. The molecule has 0 aromatic carbocycles. The van der Waals surface area contributed by atoms with Crippen LogP contribution in [0.1, 0.15) is 24.8 Å². The van der Waals surface area contributed by atoms with Gasteiger partial charge in [0, 0.05) is 32.0 Å². The zero-order chi connectivity index (χ0) is 14.7. The van der Waals surface area contributed by atoms with Crippen LogP contribution in [0.4, 0.5) is 0 Å². The Kier molecular flexibility index (Phi) is 4.34. The van der Waals surface area contributed by atoms with Crippen LogP contribution in [0.15, 0.2) is 36.7 Å². The number of hydrogen-bond donors (Lipinski definition) is 0. The van der Waals surface area contributed by atoms with Crippen molar-refractivity contribution in [1.82, 2.24) is 9.88 Å². The molecule has 0 saturated carbocycles. The molecule has 1 saturated heterocycles. The molecule has 2 heterocycles. The van der Waals surface area contributed by atoms with Gasteiger partial charge in [0.1, 0.15) is 0 Å². The third kappa shape index (κ3) is 3.00. The van der Waals surface area contributed by atoms with Gasteiger partial charge in [-0.15, -0.1) is 0 Å². The van der Waals surface area contributed by atoms with Crippen molar-refractivity contribution in [3.63, 3.8) is 0 Å². The predicted octanol–water partition coefficient (Wildman–Crippen LogP) is 2.21. The second kappa shape index (κ2) is 6.39. The number of methoxy groups -OCH3 is 1. The average Bonchev–Trinajstić information content (AvgIpc) is 3.17. The molecule has 112 valence electrons. The fourth-order valence-corrected chi connectivity index (χ4v) is 3.43. The first kappa shape index (κ1) is 14.3. The Balaban J connectivity index is 1.74. The quantitative estimate of drug-likeness (QED) is 0.797. The minimum Gasteiger partial charge on any atom is -0.379 e. The van der Waals surface area contributed by atoms with E-state index in [1.165, 1.54) is 5.56 Å². The van der Waals surface area contributed by atoms with Crippen LogP contribution in [0.5, 0.6) is 0 Å². The largest absolute Gasteiger partial charge is 0.379 e. The number of nitrogens with zero attached hydrogens (tertiary/aromatic N) is 2. The van der Waals surface area contributed by atoms with Crippen LogP contribution in [0.25, 0.3) is 0 Å². The highest BCUT2D eigenvalue weighted by Gasteiger charge is 2.39. The number of likely N-dealkylation sites (tertiary alicyclic amines) is 1. The summed E-state index contributed by atoms with van der Waals surface area (Å²) >= 11 is 0. The van der Waals surface area contributed by atoms with Crippen molar-refractivity contribution < 1.29 is 9.53 Å². The summed E-state index contributed by atoms with van der Waals surface area (Å²) in [7, 11) is 1.75. The van der Waals surface area contributed by atoms with Crippen molar-refractivity contribution in [2.45, 2.75) is 37.8 Å². The number of ether oxygens (including phenoxy) is 1. The number of rotatable bonds is 4. The molecule has 1 aliphatic carbocycles. The molecule has 4 nitrogen and oxygen atoms in total. The van der Waals surface area contributed by atoms with Crippen LogP contribution in [0, 0.1) is 5.92 Å². The van der Waals surface area contributed by atoms with E-state index < -0.39 is 0 Å². The summed E-state index contributed by atoms with van der Waals surface area (Å²) in [5.41, 5.74) is 1.21. The summed E-state index contributed by atoms with van der Waals surface area (Å²) in [5, 5.41) is 0. The minimum atomic E-state index is 0.136. The monoisotopic (exact) mass is 286 g/mol. The number of amides is 1. The maximum absolute atomic E-state index is 12.7. The smallest absolute Gasteiger partial charge is 0.226 e. The molecule has 2 aliphatic rings. The second-order valence-electron chi connectivity index (χ2n) is 5.86. The van der Waals surface area contributed by atoms with Crippen molar-refractivity contribution in [2.24, 2.45) is 5.92 Å². The molecule has 2 atom stereocenters. The van der Waals surface area contributed by atoms with Gasteiger partial charge in [0.15, 0.2) is 0 Å². The summed E-state index contributed by atoms with van der Waals surface area (Å²) in [5.74, 6) is 0.430. The zero-order valence-corrected chi connectivity index (χ0v) is 12.4. The average molecular weight is 286 g/mol. The molecule has 1 aromatic heterocycles. The number of carbonyl (C=O) groups excluding carboxylic acids is 1. The molecule has 21 heavy (non-hydrogen) atoms. The number of pyridine rings is 1. The van der Waals surface area contributed by atoms with Gasteiger partial charge in [-0.3, -0.25) is 9.78 Å². The summed E-state index contributed by atoms with van der Waals surface area (Å²) in [6.45, 7) is 0.809. The van der Waals surface area contributed by atoms with Crippen molar-refractivity contribution >= 4 is 5.91 Å². The van der Waals surface area contributed by atoms with E-state index in [4.69, 9.17) is 4.74 Å². The second-order valence-corrected chi connectivity index (χ2v) is 5.86. The van der Waals surface area contributed by atoms with E-state index in [1.807, 2.05) is 17.0 Å². The van der Waals surface area contributed by atoms with Gasteiger partial charge in [0.2, 0.25) is 5.91 Å². The van der Waals surface area contributed by atoms with Crippen LogP contribution in [-0.4, -0.2) is 41.6 Å². The molecule has 4 heteroatoms. The molecule has 0 radical (unpaired) electrons. The lowest BCUT2D eigenvalue weighted by molar-refractivity contribution is -0.137. The summed E-state index contributed by atoms with van der Waals surface area (Å²) in [6.07, 6.45) is 11.5. The lowest BCUT2D eigenvalue weighted by atomic mass is 10.0. The van der Waals surface area contributed by atoms with E-state index in [9.17, 15) is 4.79 Å². The maximum atomic E-state index is 12.7. The Morgan fingerprint density at radius 2 is 2.05 bits per heavy atom. The summed E-state index contributed by atoms with van der Waals surface area (Å²) in [4.78, 5) is 18.8. The summed E-state index contributed by atoms with van der Waals surface area (Å²) in [6, 6.07) is 4.18. The Bertz CT molecular complexity index is 507. The zero-order valence-electron chi connectivity index (χ0n) is 12.4. The molecular formula is C17H22N2O2. The number of carbonyl (C=O) groups is 1. The van der Waals surface area contributed by atoms with E-state index in [1.54, 1.807) is 19.5 Å². The SMILES string of the molecule is CO[C@@H]1CCN(C(=O)C2CC=CC2)[C@@H]1Cc1ccncc1. The van der Waals surface area contributed by atoms with Crippen LogP contribution in [-0.2, 0) is 16.0 Å². The van der Waals surface area contributed by atoms with Gasteiger partial charge >= 0.3 is 0 Å². The van der Waals surface area contributed by atoms with E-state index in [0.29, 0.717) is 5.91 Å². The fraction of sp³-hybridized carbons (Fsp3) is 0.529. The van der Waals surface area contributed by atoms with Crippen molar-refractivity contribution in [3.8, 4) is 0 Å². The highest BCUT2D eigenvalue weighted by molar-refractivity contribution is 5.80. The Hall–Kier alpha value is -1.68. The first-order valence-corrected chi connectivity index (χ1v) is 7.66. The molecule has 0 spiro atoms. The van der Waals surface area contributed by atoms with Gasteiger partial charge in [0.25, 0.3) is 0 Å². The molecule has 3 rings (SSSR count). The van der Waals surface area contributed by atoms with Crippen molar-refractivity contribution in [2.75, 3.05) is 13.7 Å². The molecule has 1 fully saturated rings. The van der Waals surface area contributed by atoms with Crippen LogP contribution >= 0.6 is 0 Å². The van der Waals surface area contributed by atoms with Gasteiger partial charge in [-0.1, -0.05) is 12.2 Å². The van der Waals surface area contributed by atoms with Crippen LogP contribution in [0.3, 0.4) is 0 Å². The van der Waals surface area contributed by atoms with Crippen LogP contribution < -0.4 is 0 Å². The van der Waals surface area contributed by atoms with E-state index in [-0.39, 0.29) is 18.1 Å². The molecular weight excluding hydrogens is 264 g/mol. The van der Waals surface area contributed by atoms with E-state index in [0.717, 1.165) is 32.2 Å². The number of aromatic nitrogens is 1. The van der Waals surface area contributed by atoms with Gasteiger partial charge < -0.3 is 9.64 Å². The lowest BCUT2D eigenvalue weighted by Gasteiger charge is -2.30. The third-order valence-electron chi connectivity index (χ3n) is 4.62. The van der Waals surface area contributed by atoms with Crippen molar-refractivity contribution in [1.29, 1.82) is 0 Å². The normalized spacial score (nSPS) is 25.7. The molecule has 1 aromatic rings. The minimum absolute atomic E-state index is 0.136. The third-order valence-corrected chi connectivity index (χ3v) is 4.62. The Morgan fingerprint density at radius 3 is 2.71 bits per heavy atom. The number of allylic oxidation sites excluding steroid dienone is 2. The molecule has 0 bridgehead atoms. The van der Waals surface area contributed by atoms with Gasteiger partial charge in [-0.25, -0.2) is 0 Å². The Labute approximate surface area is 125 Å². The standard InChI is InChI=1S/C17H22N2O2/c1-21-16-8-11-19(17(20)14-4-2-3-5-14)15(16)12-13-6-9-18-10-7-13/h2-3,6-7,9-10,14-16H,4-5,8,11-12H2,1H3/t15-,16-/m1/s1. The molecule has 0 N–H and O–H groups in total. The Morgan fingerprint density at radius 1 is 1.33 bits per heavy atom. The van der Waals surface area contributed by atoms with Gasteiger partial charge in [0.05, 0.1) is 12.1 Å². The van der Waals surface area contributed by atoms with Gasteiger partial charge in [-0.05, 0) is 43.4 Å². The first-order chi connectivity index (χ1) is 10.3. The van der Waals surface area contributed by atoms with Crippen LogP contribution in [0.2, 0.25) is 0 Å². The van der Waals surface area contributed by atoms with E-state index in [2.05, 4.69) is 17.1 Å². The summed E-state index contributed by atoms with van der Waals surface area (Å²) < 4.78 is 5.61. The number of hydrogen-bond acceptors (Lipinski definition) is 3. The van der Waals surface area contributed by atoms with Gasteiger partial charge in [-0.2, -0.15) is 0 Å². The maximum Gasteiger partial charge on any atom is 0.226 e.